The molecular weight excluding hydrogens is 110 g/mol. The van der Waals surface area contributed by atoms with Crippen molar-refractivity contribution in [3.8, 4) is 0 Å². The Balaban J connectivity index is 2.29. The lowest BCUT2D eigenvalue weighted by Gasteiger charge is -1.91. The van der Waals surface area contributed by atoms with Crippen LogP contribution >= 0.6 is 0 Å². The second-order valence-corrected chi connectivity index (χ2v) is 2.37. The lowest BCUT2D eigenvalue weighted by Crippen LogP contribution is -1.80. The van der Waals surface area contributed by atoms with Gasteiger partial charge in [-0.1, -0.05) is 30.3 Å². The van der Waals surface area contributed by atoms with Crippen LogP contribution in [0.1, 0.15) is 11.6 Å². The van der Waals surface area contributed by atoms with Crippen LogP contribution in [-0.4, -0.2) is 6.54 Å². The summed E-state index contributed by atoms with van der Waals surface area (Å²) in [4.78, 5) is 0. The Morgan fingerprint density at radius 2 is 1.89 bits per heavy atom. The van der Waals surface area contributed by atoms with Crippen LogP contribution in [0.15, 0.2) is 30.3 Å². The van der Waals surface area contributed by atoms with E-state index in [0.29, 0.717) is 6.04 Å². The summed E-state index contributed by atoms with van der Waals surface area (Å²) >= 11 is 0. The summed E-state index contributed by atoms with van der Waals surface area (Å²) in [6.07, 6.45) is 0. The molecule has 0 radical (unpaired) electrons. The molecule has 0 unspecified atom stereocenters. The van der Waals surface area contributed by atoms with E-state index in [9.17, 15) is 0 Å². The SMILES string of the molecule is c1ccc([C@@H]2CN2)cc1. The maximum absolute atomic E-state index is 3.25. The molecule has 1 saturated heterocycles. The summed E-state index contributed by atoms with van der Waals surface area (Å²) in [5, 5.41) is 3.25. The third kappa shape index (κ3) is 0.958. The topological polar surface area (TPSA) is 21.9 Å². The third-order valence-corrected chi connectivity index (χ3v) is 1.61. The average molecular weight is 119 g/mol. The number of benzene rings is 1. The normalized spacial score (nSPS) is 23.8. The van der Waals surface area contributed by atoms with E-state index >= 15 is 0 Å². The van der Waals surface area contributed by atoms with Gasteiger partial charge in [0, 0.05) is 12.6 Å². The first-order valence-electron chi connectivity index (χ1n) is 3.25. The van der Waals surface area contributed by atoms with Crippen LogP contribution < -0.4 is 5.32 Å². The van der Waals surface area contributed by atoms with E-state index in [-0.39, 0.29) is 0 Å². The van der Waals surface area contributed by atoms with Crippen molar-refractivity contribution in [1.29, 1.82) is 0 Å². The summed E-state index contributed by atoms with van der Waals surface area (Å²) in [5.74, 6) is 0. The molecule has 1 heteroatoms. The van der Waals surface area contributed by atoms with Crippen LogP contribution in [0.25, 0.3) is 0 Å². The van der Waals surface area contributed by atoms with Crippen molar-refractivity contribution >= 4 is 0 Å². The zero-order valence-corrected chi connectivity index (χ0v) is 5.17. The first-order chi connectivity index (χ1) is 4.47. The van der Waals surface area contributed by atoms with E-state index < -0.39 is 0 Å². The average Bonchev–Trinajstić information content (AvgIpc) is 2.71. The fourth-order valence-corrected chi connectivity index (χ4v) is 0.980. The molecule has 0 aliphatic carbocycles. The maximum Gasteiger partial charge on any atom is 0.0447 e. The van der Waals surface area contributed by atoms with Gasteiger partial charge in [-0.25, -0.2) is 0 Å². The van der Waals surface area contributed by atoms with E-state index in [1.54, 1.807) is 0 Å². The van der Waals surface area contributed by atoms with Gasteiger partial charge in [0.2, 0.25) is 0 Å². The molecule has 1 atom stereocenters. The lowest BCUT2D eigenvalue weighted by atomic mass is 10.2. The molecule has 1 aliphatic rings. The number of nitrogens with one attached hydrogen (secondary N) is 1. The molecule has 2 rings (SSSR count). The summed E-state index contributed by atoms with van der Waals surface area (Å²) < 4.78 is 0. The van der Waals surface area contributed by atoms with Crippen molar-refractivity contribution in [3.63, 3.8) is 0 Å². The van der Waals surface area contributed by atoms with Crippen LogP contribution in [0, 0.1) is 0 Å². The van der Waals surface area contributed by atoms with Crippen molar-refractivity contribution in [3.05, 3.63) is 35.9 Å². The molecule has 0 bridgehead atoms. The zero-order chi connectivity index (χ0) is 6.10. The van der Waals surface area contributed by atoms with E-state index in [1.165, 1.54) is 5.56 Å². The monoisotopic (exact) mass is 119 g/mol. The highest BCUT2D eigenvalue weighted by molar-refractivity contribution is 5.22. The van der Waals surface area contributed by atoms with Gasteiger partial charge in [-0.3, -0.25) is 0 Å². The van der Waals surface area contributed by atoms with Crippen LogP contribution in [-0.2, 0) is 0 Å². The number of hydrogen-bond acceptors (Lipinski definition) is 1. The largest absolute Gasteiger partial charge is 0.307 e. The molecule has 9 heavy (non-hydrogen) atoms. The minimum atomic E-state index is 0.659. The molecule has 0 amide bonds. The fourth-order valence-electron chi connectivity index (χ4n) is 0.980. The van der Waals surface area contributed by atoms with Crippen molar-refractivity contribution in [2.45, 2.75) is 6.04 Å². The summed E-state index contributed by atoms with van der Waals surface area (Å²) in [5.41, 5.74) is 1.41. The molecule has 1 aromatic rings. The number of rotatable bonds is 1. The zero-order valence-electron chi connectivity index (χ0n) is 5.17. The highest BCUT2D eigenvalue weighted by atomic mass is 15.1. The van der Waals surface area contributed by atoms with Crippen molar-refractivity contribution in [1.82, 2.24) is 5.32 Å². The summed E-state index contributed by atoms with van der Waals surface area (Å²) in [7, 11) is 0. The van der Waals surface area contributed by atoms with Gasteiger partial charge in [0.25, 0.3) is 0 Å². The molecule has 1 fully saturated rings. The van der Waals surface area contributed by atoms with Gasteiger partial charge in [-0.15, -0.1) is 0 Å². The van der Waals surface area contributed by atoms with Gasteiger partial charge in [-0.05, 0) is 5.56 Å². The lowest BCUT2D eigenvalue weighted by molar-refractivity contribution is 1.08. The first kappa shape index (κ1) is 5.00. The van der Waals surface area contributed by atoms with Crippen molar-refractivity contribution in [2.75, 3.05) is 6.54 Å². The van der Waals surface area contributed by atoms with Crippen LogP contribution in [0.3, 0.4) is 0 Å². The smallest absolute Gasteiger partial charge is 0.0447 e. The van der Waals surface area contributed by atoms with Gasteiger partial charge in [0.15, 0.2) is 0 Å². The maximum atomic E-state index is 3.25. The van der Waals surface area contributed by atoms with Crippen LogP contribution in [0.4, 0.5) is 0 Å². The predicted octanol–water partition coefficient (Wildman–Crippen LogP) is 1.33. The van der Waals surface area contributed by atoms with Crippen molar-refractivity contribution < 1.29 is 0 Å². The first-order valence-corrected chi connectivity index (χ1v) is 3.25. The van der Waals surface area contributed by atoms with E-state index in [1.807, 2.05) is 6.07 Å². The Bertz CT molecular complexity index is 189. The molecular formula is C8H9N. The molecule has 46 valence electrons. The molecule has 0 saturated carbocycles. The van der Waals surface area contributed by atoms with Gasteiger partial charge < -0.3 is 5.32 Å². The third-order valence-electron chi connectivity index (χ3n) is 1.61. The minimum Gasteiger partial charge on any atom is -0.307 e. The second-order valence-electron chi connectivity index (χ2n) is 2.37. The molecule has 1 aromatic carbocycles. The standard InChI is InChI=1S/C8H9N/c1-2-4-7(5-3-1)8-6-9-8/h1-5,8-9H,6H2/t8-/m0/s1. The Morgan fingerprint density at radius 3 is 2.44 bits per heavy atom. The van der Waals surface area contributed by atoms with Crippen LogP contribution in [0.2, 0.25) is 0 Å². The summed E-state index contributed by atoms with van der Waals surface area (Å²) in [6.45, 7) is 1.16. The minimum absolute atomic E-state index is 0.659. The van der Waals surface area contributed by atoms with Gasteiger partial charge >= 0.3 is 0 Å². The van der Waals surface area contributed by atoms with Crippen LogP contribution in [0.5, 0.6) is 0 Å². The van der Waals surface area contributed by atoms with E-state index in [2.05, 4.69) is 29.6 Å². The quantitative estimate of drug-likeness (QED) is 0.553. The fraction of sp³-hybridized carbons (Fsp3) is 0.250. The van der Waals surface area contributed by atoms with E-state index in [0.717, 1.165) is 6.54 Å². The predicted molar refractivity (Wildman–Crippen MR) is 37.2 cm³/mol. The molecule has 1 nitrogen and oxygen atoms in total. The Labute approximate surface area is 54.7 Å². The number of hydrogen-bond donors (Lipinski definition) is 1. The second kappa shape index (κ2) is 1.85. The van der Waals surface area contributed by atoms with Crippen molar-refractivity contribution in [2.24, 2.45) is 0 Å². The molecule has 1 N–H and O–H groups in total. The molecule has 1 aliphatic heterocycles. The van der Waals surface area contributed by atoms with Gasteiger partial charge in [0.1, 0.15) is 0 Å². The van der Waals surface area contributed by atoms with Gasteiger partial charge in [0.05, 0.1) is 0 Å². The molecule has 0 aromatic heterocycles. The Morgan fingerprint density at radius 1 is 1.22 bits per heavy atom. The van der Waals surface area contributed by atoms with Gasteiger partial charge in [-0.2, -0.15) is 0 Å². The van der Waals surface area contributed by atoms with E-state index in [4.69, 9.17) is 0 Å². The molecule has 0 spiro atoms. The molecule has 1 heterocycles. The highest BCUT2D eigenvalue weighted by Crippen LogP contribution is 2.19. The highest BCUT2D eigenvalue weighted by Gasteiger charge is 2.20. The Hall–Kier alpha value is -0.820. The summed E-state index contributed by atoms with van der Waals surface area (Å²) in [6, 6.07) is 11.2. The Kier molecular flexibility index (Phi) is 1.03.